The van der Waals surface area contributed by atoms with Gasteiger partial charge in [-0.05, 0) is 25.1 Å². The Hall–Kier alpha value is -1.88. The van der Waals surface area contributed by atoms with Crippen molar-refractivity contribution in [1.29, 1.82) is 0 Å². The summed E-state index contributed by atoms with van der Waals surface area (Å²) >= 11 is 5.91. The molecule has 0 fully saturated rings. The van der Waals surface area contributed by atoms with Gasteiger partial charge in [0.05, 0.1) is 18.9 Å². The molecule has 2 rings (SSSR count). The monoisotopic (exact) mass is 265 g/mol. The van der Waals surface area contributed by atoms with Crippen molar-refractivity contribution in [3.05, 3.63) is 40.7 Å². The van der Waals surface area contributed by atoms with Crippen molar-refractivity contribution in [2.24, 2.45) is 0 Å². The Labute approximate surface area is 109 Å². The molecule has 0 N–H and O–H groups in total. The van der Waals surface area contributed by atoms with Crippen molar-refractivity contribution in [1.82, 2.24) is 15.0 Å². The lowest BCUT2D eigenvalue weighted by Gasteiger charge is -2.08. The van der Waals surface area contributed by atoms with Crippen molar-refractivity contribution < 1.29 is 9.53 Å². The summed E-state index contributed by atoms with van der Waals surface area (Å²) in [7, 11) is 1.51. The van der Waals surface area contributed by atoms with Gasteiger partial charge in [-0.1, -0.05) is 16.8 Å². The lowest BCUT2D eigenvalue weighted by atomic mass is 10.1. The van der Waals surface area contributed by atoms with Gasteiger partial charge < -0.3 is 4.74 Å². The van der Waals surface area contributed by atoms with Gasteiger partial charge in [0, 0.05) is 11.6 Å². The van der Waals surface area contributed by atoms with E-state index in [4.69, 9.17) is 16.3 Å². The lowest BCUT2D eigenvalue weighted by Crippen LogP contribution is -2.11. The third-order valence-corrected chi connectivity index (χ3v) is 2.79. The van der Waals surface area contributed by atoms with Crippen LogP contribution in [0.25, 0.3) is 0 Å². The molecule has 1 aromatic carbocycles. The fraction of sp³-hybridized carbons (Fsp3) is 0.250. The van der Waals surface area contributed by atoms with Crippen molar-refractivity contribution in [3.63, 3.8) is 0 Å². The zero-order chi connectivity index (χ0) is 13.1. The summed E-state index contributed by atoms with van der Waals surface area (Å²) in [6.45, 7) is 2.46. The number of nitrogens with zero attached hydrogens (tertiary/aromatic N) is 3. The van der Waals surface area contributed by atoms with E-state index in [0.29, 0.717) is 28.6 Å². The molecule has 0 aliphatic carbocycles. The molecule has 94 valence electrons. The van der Waals surface area contributed by atoms with Crippen LogP contribution < -0.4 is 4.74 Å². The molecule has 0 spiro atoms. The molecule has 2 aromatic rings. The maximum absolute atomic E-state index is 12.4. The van der Waals surface area contributed by atoms with Crippen molar-refractivity contribution in [2.45, 2.75) is 13.5 Å². The highest BCUT2D eigenvalue weighted by Crippen LogP contribution is 2.24. The highest BCUT2D eigenvalue weighted by atomic mass is 35.5. The Morgan fingerprint density at radius 1 is 1.50 bits per heavy atom. The first-order chi connectivity index (χ1) is 8.67. The van der Waals surface area contributed by atoms with Gasteiger partial charge >= 0.3 is 0 Å². The number of aryl methyl sites for hydroxylation is 1. The van der Waals surface area contributed by atoms with Crippen LogP contribution in [-0.4, -0.2) is 27.9 Å². The van der Waals surface area contributed by atoms with Gasteiger partial charge in [-0.2, -0.15) is 0 Å². The second-order valence-electron chi connectivity index (χ2n) is 3.61. The molecule has 0 saturated carbocycles. The van der Waals surface area contributed by atoms with Gasteiger partial charge in [0.2, 0.25) is 5.78 Å². The zero-order valence-corrected chi connectivity index (χ0v) is 10.8. The third-order valence-electron chi connectivity index (χ3n) is 2.56. The minimum Gasteiger partial charge on any atom is -0.496 e. The summed E-state index contributed by atoms with van der Waals surface area (Å²) in [5.74, 6) is 0.273. The average molecular weight is 266 g/mol. The Balaban J connectivity index is 2.48. The number of hydrogen-bond donors (Lipinski definition) is 0. The van der Waals surface area contributed by atoms with E-state index in [2.05, 4.69) is 10.3 Å². The molecule has 18 heavy (non-hydrogen) atoms. The van der Waals surface area contributed by atoms with Crippen molar-refractivity contribution in [3.8, 4) is 5.75 Å². The number of ether oxygens (including phenoxy) is 1. The number of aromatic nitrogens is 3. The van der Waals surface area contributed by atoms with Crippen LogP contribution in [0.15, 0.2) is 24.4 Å². The second-order valence-corrected chi connectivity index (χ2v) is 4.05. The normalized spacial score (nSPS) is 10.4. The summed E-state index contributed by atoms with van der Waals surface area (Å²) in [5, 5.41) is 8.05. The maximum atomic E-state index is 12.4. The first kappa shape index (κ1) is 12.6. The molecule has 1 aromatic heterocycles. The lowest BCUT2D eigenvalue weighted by molar-refractivity contribution is 0.102. The van der Waals surface area contributed by atoms with E-state index in [-0.39, 0.29) is 5.78 Å². The molecule has 0 atom stereocenters. The number of rotatable bonds is 4. The number of hydrogen-bond acceptors (Lipinski definition) is 4. The van der Waals surface area contributed by atoms with E-state index in [9.17, 15) is 4.79 Å². The van der Waals surface area contributed by atoms with Gasteiger partial charge in [-0.3, -0.25) is 4.79 Å². The van der Waals surface area contributed by atoms with Crippen LogP contribution in [0.3, 0.4) is 0 Å². The molecule has 0 saturated heterocycles. The van der Waals surface area contributed by atoms with Crippen LogP contribution in [0.2, 0.25) is 5.02 Å². The minimum atomic E-state index is -0.207. The van der Waals surface area contributed by atoms with E-state index < -0.39 is 0 Å². The van der Waals surface area contributed by atoms with Crippen LogP contribution in [0, 0.1) is 0 Å². The SMILES string of the molecule is CCn1nncc1C(=O)c1cc(Cl)ccc1OC. The van der Waals surface area contributed by atoms with Crippen molar-refractivity contribution in [2.75, 3.05) is 7.11 Å². The highest BCUT2D eigenvalue weighted by Gasteiger charge is 2.19. The molecule has 0 bridgehead atoms. The summed E-state index contributed by atoms with van der Waals surface area (Å²) in [5.41, 5.74) is 0.820. The molecule has 0 aliphatic rings. The Morgan fingerprint density at radius 3 is 2.94 bits per heavy atom. The fourth-order valence-electron chi connectivity index (χ4n) is 1.66. The van der Waals surface area contributed by atoms with Gasteiger partial charge in [0.25, 0.3) is 0 Å². The summed E-state index contributed by atoms with van der Waals surface area (Å²) < 4.78 is 6.69. The van der Waals surface area contributed by atoms with E-state index in [1.807, 2.05) is 6.92 Å². The first-order valence-electron chi connectivity index (χ1n) is 5.44. The summed E-state index contributed by atoms with van der Waals surface area (Å²) in [6.07, 6.45) is 1.44. The van der Waals surface area contributed by atoms with E-state index in [0.717, 1.165) is 0 Å². The molecule has 0 radical (unpaired) electrons. The van der Waals surface area contributed by atoms with Crippen LogP contribution in [0.4, 0.5) is 0 Å². The van der Waals surface area contributed by atoms with Crippen LogP contribution in [0.5, 0.6) is 5.75 Å². The maximum Gasteiger partial charge on any atom is 0.216 e. The molecule has 5 nitrogen and oxygen atoms in total. The number of halogens is 1. The summed E-state index contributed by atoms with van der Waals surface area (Å²) in [4.78, 5) is 12.4. The standard InChI is InChI=1S/C12H12ClN3O2/c1-3-16-10(7-14-15-16)12(17)9-6-8(13)4-5-11(9)18-2/h4-7H,3H2,1-2H3. The second kappa shape index (κ2) is 5.18. The number of benzene rings is 1. The molecule has 0 unspecified atom stereocenters. The third kappa shape index (κ3) is 2.22. The highest BCUT2D eigenvalue weighted by molar-refractivity contribution is 6.31. The number of carbonyl (C=O) groups is 1. The molecular formula is C12H12ClN3O2. The average Bonchev–Trinajstić information content (AvgIpc) is 2.86. The zero-order valence-electron chi connectivity index (χ0n) is 10.1. The largest absolute Gasteiger partial charge is 0.496 e. The molecular weight excluding hydrogens is 254 g/mol. The van der Waals surface area contributed by atoms with E-state index in [1.54, 1.807) is 18.2 Å². The molecule has 1 heterocycles. The predicted molar refractivity (Wildman–Crippen MR) is 67.1 cm³/mol. The topological polar surface area (TPSA) is 57.0 Å². The van der Waals surface area contributed by atoms with E-state index >= 15 is 0 Å². The van der Waals surface area contributed by atoms with Gasteiger partial charge in [0.1, 0.15) is 11.4 Å². The molecule has 0 aliphatic heterocycles. The van der Waals surface area contributed by atoms with Crippen LogP contribution in [0.1, 0.15) is 23.0 Å². The first-order valence-corrected chi connectivity index (χ1v) is 5.82. The Bertz CT molecular complexity index is 580. The van der Waals surface area contributed by atoms with Gasteiger partial charge in [-0.25, -0.2) is 4.68 Å². The van der Waals surface area contributed by atoms with Crippen molar-refractivity contribution >= 4 is 17.4 Å². The Kier molecular flexibility index (Phi) is 3.62. The van der Waals surface area contributed by atoms with Crippen LogP contribution in [-0.2, 0) is 6.54 Å². The smallest absolute Gasteiger partial charge is 0.216 e. The number of ketones is 1. The van der Waals surface area contributed by atoms with Crippen LogP contribution >= 0.6 is 11.6 Å². The number of methoxy groups -OCH3 is 1. The fourth-order valence-corrected chi connectivity index (χ4v) is 1.83. The quantitative estimate of drug-likeness (QED) is 0.795. The molecule has 0 amide bonds. The van der Waals surface area contributed by atoms with Gasteiger partial charge in [-0.15, -0.1) is 5.10 Å². The minimum absolute atomic E-state index is 0.207. The predicted octanol–water partition coefficient (Wildman–Crippen LogP) is 2.19. The Morgan fingerprint density at radius 2 is 2.28 bits per heavy atom. The number of carbonyl (C=O) groups excluding carboxylic acids is 1. The van der Waals surface area contributed by atoms with E-state index in [1.165, 1.54) is 18.0 Å². The molecule has 6 heteroatoms. The summed E-state index contributed by atoms with van der Waals surface area (Å²) in [6, 6.07) is 4.91. The van der Waals surface area contributed by atoms with Gasteiger partial charge in [0.15, 0.2) is 0 Å².